The molecule has 4 nitrogen and oxygen atoms in total. The number of nitro benzene ring substituents is 1. The van der Waals surface area contributed by atoms with Crippen LogP contribution in [0.1, 0.15) is 12.0 Å². The Hall–Kier alpha value is -1.97. The first kappa shape index (κ1) is 11.1. The second kappa shape index (κ2) is 5.05. The van der Waals surface area contributed by atoms with Gasteiger partial charge in [-0.25, -0.2) is 0 Å². The lowest BCUT2D eigenvalue weighted by atomic mass is 10.1. The van der Waals surface area contributed by atoms with Crippen LogP contribution in [-0.4, -0.2) is 10.7 Å². The van der Waals surface area contributed by atoms with E-state index in [9.17, 15) is 14.9 Å². The minimum atomic E-state index is -0.446. The highest BCUT2D eigenvalue weighted by atomic mass is 16.6. The molecule has 0 bridgehead atoms. The average molecular weight is 205 g/mol. The van der Waals surface area contributed by atoms with Crippen molar-refractivity contribution in [3.05, 3.63) is 52.6 Å². The Balaban J connectivity index is 2.69. The topological polar surface area (TPSA) is 60.2 Å². The van der Waals surface area contributed by atoms with E-state index in [0.29, 0.717) is 12.8 Å². The number of non-ortho nitro benzene ring substituents is 1. The highest BCUT2D eigenvalue weighted by Gasteiger charge is 2.06. The Morgan fingerprint density at radius 1 is 1.53 bits per heavy atom. The molecule has 0 radical (unpaired) electrons. The van der Waals surface area contributed by atoms with Crippen molar-refractivity contribution < 1.29 is 9.72 Å². The number of hydrogen-bond donors (Lipinski definition) is 0. The average Bonchev–Trinajstić information content (AvgIpc) is 2.26. The van der Waals surface area contributed by atoms with Gasteiger partial charge < -0.3 is 0 Å². The van der Waals surface area contributed by atoms with E-state index < -0.39 is 4.92 Å². The van der Waals surface area contributed by atoms with Crippen LogP contribution in [0.25, 0.3) is 0 Å². The number of allylic oxidation sites excluding steroid dienone is 1. The van der Waals surface area contributed by atoms with Crippen LogP contribution in [0.2, 0.25) is 0 Å². The number of benzene rings is 1. The summed E-state index contributed by atoms with van der Waals surface area (Å²) >= 11 is 0. The lowest BCUT2D eigenvalue weighted by molar-refractivity contribution is -0.384. The summed E-state index contributed by atoms with van der Waals surface area (Å²) in [5.41, 5.74) is 0.845. The van der Waals surface area contributed by atoms with Crippen molar-refractivity contribution in [1.82, 2.24) is 0 Å². The maximum Gasteiger partial charge on any atom is 0.269 e. The zero-order valence-electron chi connectivity index (χ0n) is 8.18. The lowest BCUT2D eigenvalue weighted by Crippen LogP contribution is -1.96. The van der Waals surface area contributed by atoms with Gasteiger partial charge in [0, 0.05) is 18.6 Å². The molecular formula is C11H11NO3. The highest BCUT2D eigenvalue weighted by molar-refractivity contribution is 5.89. The zero-order valence-corrected chi connectivity index (χ0v) is 8.18. The first-order valence-corrected chi connectivity index (χ1v) is 4.52. The minimum absolute atomic E-state index is 0.0542. The Labute approximate surface area is 87.4 Å². The summed E-state index contributed by atoms with van der Waals surface area (Å²) in [7, 11) is 0. The predicted molar refractivity (Wildman–Crippen MR) is 56.6 cm³/mol. The molecule has 0 N–H and O–H groups in total. The molecule has 4 heteroatoms. The molecule has 0 aliphatic rings. The van der Waals surface area contributed by atoms with Crippen LogP contribution in [0.5, 0.6) is 0 Å². The van der Waals surface area contributed by atoms with Crippen LogP contribution in [0.15, 0.2) is 36.9 Å². The molecule has 15 heavy (non-hydrogen) atoms. The van der Waals surface area contributed by atoms with Gasteiger partial charge >= 0.3 is 0 Å². The van der Waals surface area contributed by atoms with E-state index in [1.54, 1.807) is 12.1 Å². The fourth-order valence-corrected chi connectivity index (χ4v) is 1.20. The van der Waals surface area contributed by atoms with Crippen LogP contribution >= 0.6 is 0 Å². The van der Waals surface area contributed by atoms with Crippen LogP contribution in [0.4, 0.5) is 5.69 Å². The van der Waals surface area contributed by atoms with E-state index in [1.165, 1.54) is 18.2 Å². The Morgan fingerprint density at radius 3 is 2.87 bits per heavy atom. The van der Waals surface area contributed by atoms with Crippen molar-refractivity contribution in [2.24, 2.45) is 0 Å². The first-order chi connectivity index (χ1) is 7.13. The van der Waals surface area contributed by atoms with Gasteiger partial charge in [-0.15, -0.1) is 0 Å². The van der Waals surface area contributed by atoms with Crippen molar-refractivity contribution in [3.8, 4) is 0 Å². The quantitative estimate of drug-likeness (QED) is 0.421. The number of carbonyl (C=O) groups is 1. The Morgan fingerprint density at radius 2 is 2.27 bits per heavy atom. The van der Waals surface area contributed by atoms with Crippen molar-refractivity contribution in [2.75, 3.05) is 0 Å². The standard InChI is InChI=1S/C11H11NO3/c1-2-11(13)7-6-9-4-3-5-10(8-9)12(14)15/h2-5,8H,1,6-7H2. The number of carbonyl (C=O) groups excluding carboxylic acids is 1. The number of nitro groups is 1. The lowest BCUT2D eigenvalue weighted by Gasteiger charge is -1.98. The molecule has 0 atom stereocenters. The molecule has 1 aromatic rings. The molecule has 0 saturated carbocycles. The molecule has 0 saturated heterocycles. The van der Waals surface area contributed by atoms with Gasteiger partial charge in [0.25, 0.3) is 5.69 Å². The summed E-state index contributed by atoms with van der Waals surface area (Å²) in [6.07, 6.45) is 2.11. The van der Waals surface area contributed by atoms with Gasteiger partial charge in [0.05, 0.1) is 4.92 Å². The molecule has 0 aromatic heterocycles. The summed E-state index contributed by atoms with van der Waals surface area (Å²) in [6.45, 7) is 3.36. The van der Waals surface area contributed by atoms with Crippen LogP contribution in [0, 0.1) is 10.1 Å². The maximum absolute atomic E-state index is 11.0. The number of ketones is 1. The molecule has 0 fully saturated rings. The second-order valence-corrected chi connectivity index (χ2v) is 3.10. The van der Waals surface area contributed by atoms with E-state index in [2.05, 4.69) is 6.58 Å². The third-order valence-corrected chi connectivity index (χ3v) is 2.01. The molecule has 78 valence electrons. The molecule has 0 heterocycles. The molecule has 0 amide bonds. The van der Waals surface area contributed by atoms with E-state index in [-0.39, 0.29) is 11.5 Å². The van der Waals surface area contributed by atoms with Gasteiger partial charge in [0.2, 0.25) is 0 Å². The summed E-state index contributed by atoms with van der Waals surface area (Å²) < 4.78 is 0. The fraction of sp³-hybridized carbons (Fsp3) is 0.182. The molecule has 1 aromatic carbocycles. The molecule has 0 aliphatic carbocycles. The van der Waals surface area contributed by atoms with Crippen LogP contribution in [0.3, 0.4) is 0 Å². The predicted octanol–water partition coefficient (Wildman–Crippen LogP) is 2.28. The molecule has 1 rings (SSSR count). The fourth-order valence-electron chi connectivity index (χ4n) is 1.20. The van der Waals surface area contributed by atoms with Gasteiger partial charge in [0.1, 0.15) is 0 Å². The molecule has 0 aliphatic heterocycles. The van der Waals surface area contributed by atoms with Crippen molar-refractivity contribution in [3.63, 3.8) is 0 Å². The minimum Gasteiger partial charge on any atom is -0.295 e. The summed E-state index contributed by atoms with van der Waals surface area (Å²) in [6, 6.07) is 6.30. The van der Waals surface area contributed by atoms with Crippen molar-refractivity contribution in [1.29, 1.82) is 0 Å². The van der Waals surface area contributed by atoms with Gasteiger partial charge in [0.15, 0.2) is 5.78 Å². The highest BCUT2D eigenvalue weighted by Crippen LogP contribution is 2.14. The first-order valence-electron chi connectivity index (χ1n) is 4.52. The second-order valence-electron chi connectivity index (χ2n) is 3.10. The molecular weight excluding hydrogens is 194 g/mol. The van der Waals surface area contributed by atoms with Crippen molar-refractivity contribution in [2.45, 2.75) is 12.8 Å². The smallest absolute Gasteiger partial charge is 0.269 e. The summed E-state index contributed by atoms with van der Waals surface area (Å²) in [5.74, 6) is -0.0542. The largest absolute Gasteiger partial charge is 0.295 e. The van der Waals surface area contributed by atoms with E-state index in [0.717, 1.165) is 5.56 Å². The third-order valence-electron chi connectivity index (χ3n) is 2.01. The summed E-state index contributed by atoms with van der Waals surface area (Å²) in [5, 5.41) is 10.5. The Bertz CT molecular complexity index is 399. The number of nitrogens with zero attached hydrogens (tertiary/aromatic N) is 1. The number of rotatable bonds is 5. The maximum atomic E-state index is 11.0. The Kier molecular flexibility index (Phi) is 3.74. The van der Waals surface area contributed by atoms with Crippen LogP contribution in [-0.2, 0) is 11.2 Å². The SMILES string of the molecule is C=CC(=O)CCc1cccc([N+](=O)[O-])c1. The third kappa shape index (κ3) is 3.34. The number of hydrogen-bond acceptors (Lipinski definition) is 3. The van der Waals surface area contributed by atoms with Gasteiger partial charge in [-0.05, 0) is 18.1 Å². The van der Waals surface area contributed by atoms with Gasteiger partial charge in [-0.1, -0.05) is 18.7 Å². The monoisotopic (exact) mass is 205 g/mol. The zero-order chi connectivity index (χ0) is 11.3. The van der Waals surface area contributed by atoms with E-state index >= 15 is 0 Å². The molecule has 0 spiro atoms. The van der Waals surface area contributed by atoms with Gasteiger partial charge in [-0.3, -0.25) is 14.9 Å². The van der Waals surface area contributed by atoms with Crippen molar-refractivity contribution >= 4 is 11.5 Å². The van der Waals surface area contributed by atoms with E-state index in [1.807, 2.05) is 0 Å². The van der Waals surface area contributed by atoms with Gasteiger partial charge in [-0.2, -0.15) is 0 Å². The normalized spacial score (nSPS) is 9.60. The number of aryl methyl sites for hydroxylation is 1. The summed E-state index contributed by atoms with van der Waals surface area (Å²) in [4.78, 5) is 21.0. The van der Waals surface area contributed by atoms with Crippen LogP contribution < -0.4 is 0 Å². The molecule has 0 unspecified atom stereocenters. The van der Waals surface area contributed by atoms with E-state index in [4.69, 9.17) is 0 Å².